The molecule has 1 fully saturated rings. The highest BCUT2D eigenvalue weighted by molar-refractivity contribution is 7.09. The smallest absolute Gasteiger partial charge is 0.315 e. The molecule has 1 saturated carbocycles. The van der Waals surface area contributed by atoms with Crippen LogP contribution in [-0.4, -0.2) is 30.3 Å². The quantitative estimate of drug-likeness (QED) is 0.794. The van der Waals surface area contributed by atoms with Gasteiger partial charge in [0.1, 0.15) is 5.01 Å². The van der Waals surface area contributed by atoms with E-state index in [4.69, 9.17) is 4.74 Å². The van der Waals surface area contributed by atoms with Crippen LogP contribution in [0.15, 0.2) is 11.6 Å². The van der Waals surface area contributed by atoms with Gasteiger partial charge in [0, 0.05) is 18.1 Å². The van der Waals surface area contributed by atoms with E-state index >= 15 is 0 Å². The molecule has 1 aromatic rings. The average molecular weight is 311 g/mol. The fourth-order valence-electron chi connectivity index (χ4n) is 2.66. The standard InChI is InChI=1S/C15H25N3O2S/c1-11-5-3-4-6-13(11)20-9-7-17-15(19)18-12(2)14-16-8-10-21-14/h8,10-13H,3-7,9H2,1-2H3,(H2,17,18,19)/t11-,12+,13-/m1/s1. The Morgan fingerprint density at radius 1 is 1.52 bits per heavy atom. The summed E-state index contributed by atoms with van der Waals surface area (Å²) in [6, 6.07) is -0.234. The molecule has 1 heterocycles. The second-order valence-corrected chi connectivity index (χ2v) is 6.59. The minimum Gasteiger partial charge on any atom is -0.376 e. The molecule has 0 saturated heterocycles. The van der Waals surface area contributed by atoms with Gasteiger partial charge < -0.3 is 15.4 Å². The molecule has 0 unspecified atom stereocenters. The van der Waals surface area contributed by atoms with Gasteiger partial charge in [0.2, 0.25) is 0 Å². The zero-order valence-electron chi connectivity index (χ0n) is 12.8. The van der Waals surface area contributed by atoms with Crippen molar-refractivity contribution >= 4 is 17.4 Å². The maximum atomic E-state index is 11.8. The van der Waals surface area contributed by atoms with Crippen molar-refractivity contribution in [2.24, 2.45) is 5.92 Å². The zero-order chi connectivity index (χ0) is 15.1. The maximum Gasteiger partial charge on any atom is 0.315 e. The van der Waals surface area contributed by atoms with Crippen LogP contribution in [0.5, 0.6) is 0 Å². The van der Waals surface area contributed by atoms with Gasteiger partial charge in [0.15, 0.2) is 0 Å². The maximum absolute atomic E-state index is 11.8. The third-order valence-electron chi connectivity index (χ3n) is 3.92. The molecule has 2 amide bonds. The van der Waals surface area contributed by atoms with Crippen molar-refractivity contribution in [3.63, 3.8) is 0 Å². The second-order valence-electron chi connectivity index (χ2n) is 5.66. The fraction of sp³-hybridized carbons (Fsp3) is 0.733. The van der Waals surface area contributed by atoms with E-state index in [1.54, 1.807) is 17.5 Å². The number of carbonyl (C=O) groups is 1. The van der Waals surface area contributed by atoms with Crippen molar-refractivity contribution in [3.8, 4) is 0 Å². The minimum atomic E-state index is -0.169. The van der Waals surface area contributed by atoms with Crippen molar-refractivity contribution in [3.05, 3.63) is 16.6 Å². The van der Waals surface area contributed by atoms with Gasteiger partial charge in [-0.25, -0.2) is 9.78 Å². The van der Waals surface area contributed by atoms with Crippen LogP contribution in [0.1, 0.15) is 50.6 Å². The van der Waals surface area contributed by atoms with Crippen molar-refractivity contribution < 1.29 is 9.53 Å². The first-order chi connectivity index (χ1) is 10.2. The summed E-state index contributed by atoms with van der Waals surface area (Å²) in [6.07, 6.45) is 7.08. The SMILES string of the molecule is C[C@H](NC(=O)NCCO[C@@H]1CCCC[C@H]1C)c1nccs1. The largest absolute Gasteiger partial charge is 0.376 e. The molecule has 0 spiro atoms. The van der Waals surface area contributed by atoms with Crippen LogP contribution in [0.2, 0.25) is 0 Å². The molecule has 21 heavy (non-hydrogen) atoms. The Morgan fingerprint density at radius 3 is 3.05 bits per heavy atom. The number of thiazole rings is 1. The first kappa shape index (κ1) is 16.2. The van der Waals surface area contributed by atoms with Crippen LogP contribution < -0.4 is 10.6 Å². The van der Waals surface area contributed by atoms with Crippen LogP contribution in [-0.2, 0) is 4.74 Å². The van der Waals surface area contributed by atoms with Crippen molar-refractivity contribution in [1.29, 1.82) is 0 Å². The number of urea groups is 1. The average Bonchev–Trinajstić information content (AvgIpc) is 2.99. The highest BCUT2D eigenvalue weighted by atomic mass is 32.1. The molecule has 0 aromatic carbocycles. The number of amides is 2. The third kappa shape index (κ3) is 5.28. The molecule has 0 aliphatic heterocycles. The van der Waals surface area contributed by atoms with E-state index in [0.29, 0.717) is 25.2 Å². The summed E-state index contributed by atoms with van der Waals surface area (Å²) in [7, 11) is 0. The van der Waals surface area contributed by atoms with E-state index < -0.39 is 0 Å². The molecule has 0 bridgehead atoms. The molecule has 5 nitrogen and oxygen atoms in total. The molecule has 2 N–H and O–H groups in total. The molecule has 0 radical (unpaired) electrons. The number of hydrogen-bond acceptors (Lipinski definition) is 4. The van der Waals surface area contributed by atoms with Crippen LogP contribution >= 0.6 is 11.3 Å². The number of aromatic nitrogens is 1. The summed E-state index contributed by atoms with van der Waals surface area (Å²) >= 11 is 1.54. The van der Waals surface area contributed by atoms with E-state index in [-0.39, 0.29) is 12.1 Å². The first-order valence-corrected chi connectivity index (χ1v) is 8.60. The topological polar surface area (TPSA) is 63.2 Å². The van der Waals surface area contributed by atoms with Crippen LogP contribution in [0, 0.1) is 5.92 Å². The van der Waals surface area contributed by atoms with E-state index in [1.807, 2.05) is 12.3 Å². The molecule has 1 aliphatic rings. The number of nitrogens with one attached hydrogen (secondary N) is 2. The Balaban J connectivity index is 1.59. The van der Waals surface area contributed by atoms with Gasteiger partial charge in [0.05, 0.1) is 18.8 Å². The highest BCUT2D eigenvalue weighted by Crippen LogP contribution is 2.25. The number of nitrogens with zero attached hydrogens (tertiary/aromatic N) is 1. The molecular weight excluding hydrogens is 286 g/mol. The lowest BCUT2D eigenvalue weighted by molar-refractivity contribution is -0.00244. The van der Waals surface area contributed by atoms with E-state index in [2.05, 4.69) is 22.5 Å². The normalized spacial score (nSPS) is 23.5. The fourth-order valence-corrected chi connectivity index (χ4v) is 3.31. The minimum absolute atomic E-state index is 0.0655. The van der Waals surface area contributed by atoms with Gasteiger partial charge >= 0.3 is 6.03 Å². The second kappa shape index (κ2) is 8.34. The number of rotatable bonds is 6. The van der Waals surface area contributed by atoms with Gasteiger partial charge in [-0.1, -0.05) is 19.8 Å². The Labute approximate surface area is 130 Å². The molecular formula is C15H25N3O2S. The summed E-state index contributed by atoms with van der Waals surface area (Å²) in [6.45, 7) is 5.30. The summed E-state index contributed by atoms with van der Waals surface area (Å²) in [5.74, 6) is 0.637. The predicted octanol–water partition coefficient (Wildman–Crippen LogP) is 3.10. The monoisotopic (exact) mass is 311 g/mol. The third-order valence-corrected chi connectivity index (χ3v) is 4.88. The summed E-state index contributed by atoms with van der Waals surface area (Å²) < 4.78 is 5.87. The lowest BCUT2D eigenvalue weighted by atomic mass is 9.88. The Morgan fingerprint density at radius 2 is 2.33 bits per heavy atom. The molecule has 1 aliphatic carbocycles. The van der Waals surface area contributed by atoms with Crippen LogP contribution in [0.3, 0.4) is 0 Å². The van der Waals surface area contributed by atoms with Crippen molar-refractivity contribution in [1.82, 2.24) is 15.6 Å². The first-order valence-electron chi connectivity index (χ1n) is 7.72. The van der Waals surface area contributed by atoms with Gasteiger partial charge in [0.25, 0.3) is 0 Å². The van der Waals surface area contributed by atoms with Gasteiger partial charge in [-0.05, 0) is 25.7 Å². The van der Waals surface area contributed by atoms with E-state index in [9.17, 15) is 4.79 Å². The molecule has 6 heteroatoms. The zero-order valence-corrected chi connectivity index (χ0v) is 13.6. The number of carbonyl (C=O) groups excluding carboxylic acids is 1. The summed E-state index contributed by atoms with van der Waals surface area (Å²) in [4.78, 5) is 15.9. The van der Waals surface area contributed by atoms with Crippen molar-refractivity contribution in [2.75, 3.05) is 13.2 Å². The number of ether oxygens (including phenoxy) is 1. The predicted molar refractivity (Wildman–Crippen MR) is 84.4 cm³/mol. The molecule has 118 valence electrons. The molecule has 3 atom stereocenters. The molecule has 2 rings (SSSR count). The summed E-state index contributed by atoms with van der Waals surface area (Å²) in [5, 5.41) is 8.53. The highest BCUT2D eigenvalue weighted by Gasteiger charge is 2.21. The summed E-state index contributed by atoms with van der Waals surface area (Å²) in [5.41, 5.74) is 0. The van der Waals surface area contributed by atoms with E-state index in [0.717, 1.165) is 11.4 Å². The number of hydrogen-bond donors (Lipinski definition) is 2. The lowest BCUT2D eigenvalue weighted by Gasteiger charge is -2.28. The Kier molecular flexibility index (Phi) is 6.45. The van der Waals surface area contributed by atoms with Gasteiger partial charge in [-0.3, -0.25) is 0 Å². The van der Waals surface area contributed by atoms with Crippen LogP contribution in [0.4, 0.5) is 4.79 Å². The Hall–Kier alpha value is -1.14. The van der Waals surface area contributed by atoms with Gasteiger partial charge in [-0.15, -0.1) is 11.3 Å². The molecule has 1 aromatic heterocycles. The Bertz CT molecular complexity index is 425. The van der Waals surface area contributed by atoms with Gasteiger partial charge in [-0.2, -0.15) is 0 Å². The van der Waals surface area contributed by atoms with Crippen molar-refractivity contribution in [2.45, 2.75) is 51.7 Å². The van der Waals surface area contributed by atoms with E-state index in [1.165, 1.54) is 19.3 Å². The lowest BCUT2D eigenvalue weighted by Crippen LogP contribution is -2.39. The van der Waals surface area contributed by atoms with Crippen LogP contribution in [0.25, 0.3) is 0 Å².